The molecule has 0 heterocycles. The third-order valence-electron chi connectivity index (χ3n) is 3.84. The Morgan fingerprint density at radius 2 is 2.16 bits per heavy atom. The zero-order valence-corrected chi connectivity index (χ0v) is 11.7. The standard InChI is InChI=1S/C13H21NO5/c1-9(2)7-10(8-14(17)18)13(12(16)19-3)6-4-5-11(13)15/h9-10H,4-8H2,1-3H3/t10-,13+/m1/s1. The third kappa shape index (κ3) is 3.11. The van der Waals surface area contributed by atoms with Gasteiger partial charge in [0, 0.05) is 17.3 Å². The Labute approximate surface area is 112 Å². The molecule has 0 aliphatic heterocycles. The van der Waals surface area contributed by atoms with Crippen molar-refractivity contribution in [3.8, 4) is 0 Å². The quantitative estimate of drug-likeness (QED) is 0.318. The molecular formula is C13H21NO5. The van der Waals surface area contributed by atoms with Crippen molar-refractivity contribution in [2.45, 2.75) is 39.5 Å². The maximum Gasteiger partial charge on any atom is 0.319 e. The minimum atomic E-state index is -1.30. The summed E-state index contributed by atoms with van der Waals surface area (Å²) in [5, 5.41) is 10.8. The molecule has 1 aliphatic rings. The largest absolute Gasteiger partial charge is 0.468 e. The molecule has 0 radical (unpaired) electrons. The van der Waals surface area contributed by atoms with Crippen LogP contribution >= 0.6 is 0 Å². The molecule has 1 rings (SSSR count). The Morgan fingerprint density at radius 1 is 1.53 bits per heavy atom. The van der Waals surface area contributed by atoms with E-state index in [0.29, 0.717) is 25.7 Å². The number of carbonyl (C=O) groups is 2. The summed E-state index contributed by atoms with van der Waals surface area (Å²) >= 11 is 0. The highest BCUT2D eigenvalue weighted by Crippen LogP contribution is 2.45. The minimum absolute atomic E-state index is 0.180. The lowest BCUT2D eigenvalue weighted by Crippen LogP contribution is -2.46. The summed E-state index contributed by atoms with van der Waals surface area (Å²) in [6, 6.07) is 0. The highest BCUT2D eigenvalue weighted by atomic mass is 16.6. The van der Waals surface area contributed by atoms with Crippen LogP contribution in [0.25, 0.3) is 0 Å². The average Bonchev–Trinajstić information content (AvgIpc) is 2.69. The third-order valence-corrected chi connectivity index (χ3v) is 3.84. The number of methoxy groups -OCH3 is 1. The van der Waals surface area contributed by atoms with E-state index in [-0.39, 0.29) is 18.2 Å². The first-order valence-electron chi connectivity index (χ1n) is 6.58. The van der Waals surface area contributed by atoms with Crippen LogP contribution in [0.3, 0.4) is 0 Å². The second-order valence-electron chi connectivity index (χ2n) is 5.58. The molecule has 0 aromatic carbocycles. The van der Waals surface area contributed by atoms with E-state index in [1.54, 1.807) is 0 Å². The molecule has 0 unspecified atom stereocenters. The van der Waals surface area contributed by atoms with E-state index in [9.17, 15) is 19.7 Å². The summed E-state index contributed by atoms with van der Waals surface area (Å²) in [7, 11) is 1.23. The van der Waals surface area contributed by atoms with E-state index < -0.39 is 22.2 Å². The summed E-state index contributed by atoms with van der Waals surface area (Å²) in [6.45, 7) is 3.49. The van der Waals surface area contributed by atoms with Gasteiger partial charge in [-0.1, -0.05) is 13.8 Å². The summed E-state index contributed by atoms with van der Waals surface area (Å²) in [5.74, 6) is -1.21. The van der Waals surface area contributed by atoms with Gasteiger partial charge in [0.2, 0.25) is 6.54 Å². The van der Waals surface area contributed by atoms with Crippen LogP contribution < -0.4 is 0 Å². The molecule has 19 heavy (non-hydrogen) atoms. The number of hydrogen-bond donors (Lipinski definition) is 0. The van der Waals surface area contributed by atoms with Gasteiger partial charge < -0.3 is 4.74 Å². The molecule has 0 N–H and O–H groups in total. The van der Waals surface area contributed by atoms with Crippen molar-refractivity contribution in [2.24, 2.45) is 17.3 Å². The van der Waals surface area contributed by atoms with Crippen molar-refractivity contribution in [3.63, 3.8) is 0 Å². The highest BCUT2D eigenvalue weighted by molar-refractivity contribution is 6.05. The van der Waals surface area contributed by atoms with Crippen LogP contribution in [0.2, 0.25) is 0 Å². The van der Waals surface area contributed by atoms with Gasteiger partial charge in [-0.2, -0.15) is 0 Å². The van der Waals surface area contributed by atoms with E-state index in [1.807, 2.05) is 13.8 Å². The second kappa shape index (κ2) is 6.12. The molecule has 1 fully saturated rings. The topological polar surface area (TPSA) is 86.5 Å². The molecule has 0 spiro atoms. The van der Waals surface area contributed by atoms with Gasteiger partial charge in [-0.05, 0) is 25.2 Å². The maximum atomic E-state index is 12.2. The van der Waals surface area contributed by atoms with E-state index in [4.69, 9.17) is 4.74 Å². The van der Waals surface area contributed by atoms with Crippen LogP contribution in [0.5, 0.6) is 0 Å². The molecule has 0 bridgehead atoms. The molecule has 0 aromatic heterocycles. The molecule has 108 valence electrons. The Balaban J connectivity index is 3.13. The van der Waals surface area contributed by atoms with E-state index in [2.05, 4.69) is 0 Å². The molecule has 6 nitrogen and oxygen atoms in total. The summed E-state index contributed by atoms with van der Waals surface area (Å²) < 4.78 is 4.77. The molecule has 0 amide bonds. The summed E-state index contributed by atoms with van der Waals surface area (Å²) in [6.07, 6.45) is 1.74. The number of nitro groups is 1. The van der Waals surface area contributed by atoms with Crippen molar-refractivity contribution in [3.05, 3.63) is 10.1 Å². The monoisotopic (exact) mass is 271 g/mol. The van der Waals surface area contributed by atoms with Crippen LogP contribution in [-0.4, -0.2) is 30.3 Å². The van der Waals surface area contributed by atoms with Gasteiger partial charge in [0.1, 0.15) is 5.41 Å². The van der Waals surface area contributed by atoms with Crippen molar-refractivity contribution in [1.29, 1.82) is 0 Å². The van der Waals surface area contributed by atoms with E-state index >= 15 is 0 Å². The first-order chi connectivity index (χ1) is 8.84. The zero-order valence-electron chi connectivity index (χ0n) is 11.7. The number of esters is 1. The van der Waals surface area contributed by atoms with Gasteiger partial charge in [0.15, 0.2) is 5.78 Å². The van der Waals surface area contributed by atoms with Gasteiger partial charge in [-0.15, -0.1) is 0 Å². The maximum absolute atomic E-state index is 12.2. The van der Waals surface area contributed by atoms with Gasteiger partial charge in [0.05, 0.1) is 7.11 Å². The van der Waals surface area contributed by atoms with Gasteiger partial charge in [0.25, 0.3) is 0 Å². The summed E-state index contributed by atoms with van der Waals surface area (Å²) in [4.78, 5) is 34.7. The second-order valence-corrected chi connectivity index (χ2v) is 5.58. The number of ether oxygens (including phenoxy) is 1. The molecular weight excluding hydrogens is 250 g/mol. The number of rotatable bonds is 6. The highest BCUT2D eigenvalue weighted by Gasteiger charge is 2.56. The lowest BCUT2D eigenvalue weighted by Gasteiger charge is -2.32. The fourth-order valence-electron chi connectivity index (χ4n) is 3.07. The molecule has 1 aliphatic carbocycles. The number of hydrogen-bond acceptors (Lipinski definition) is 5. The van der Waals surface area contributed by atoms with Crippen molar-refractivity contribution in [1.82, 2.24) is 0 Å². The predicted molar refractivity (Wildman–Crippen MR) is 68.1 cm³/mol. The van der Waals surface area contributed by atoms with Crippen LogP contribution in [0.1, 0.15) is 39.5 Å². The van der Waals surface area contributed by atoms with Crippen molar-refractivity contribution >= 4 is 11.8 Å². The van der Waals surface area contributed by atoms with Crippen molar-refractivity contribution < 1.29 is 19.2 Å². The molecule has 0 aromatic rings. The van der Waals surface area contributed by atoms with Crippen LogP contribution in [0, 0.1) is 27.4 Å². The number of Topliss-reactive ketones (excluding diaryl/α,β-unsaturated/α-hetero) is 1. The molecule has 2 atom stereocenters. The SMILES string of the molecule is COC(=O)[C@]1([C@H](CC(C)C)C[N+](=O)[O-])CCCC1=O. The fourth-order valence-corrected chi connectivity index (χ4v) is 3.07. The predicted octanol–water partition coefficient (Wildman–Crippen LogP) is 1.84. The molecule has 6 heteroatoms. The zero-order chi connectivity index (χ0) is 14.6. The fraction of sp³-hybridized carbons (Fsp3) is 0.846. The summed E-state index contributed by atoms with van der Waals surface area (Å²) in [5.41, 5.74) is -1.30. The van der Waals surface area contributed by atoms with Crippen molar-refractivity contribution in [2.75, 3.05) is 13.7 Å². The first kappa shape index (κ1) is 15.6. The van der Waals surface area contributed by atoms with Crippen LogP contribution in [0.15, 0.2) is 0 Å². The van der Waals surface area contributed by atoms with E-state index in [0.717, 1.165) is 0 Å². The number of ketones is 1. The van der Waals surface area contributed by atoms with E-state index in [1.165, 1.54) is 7.11 Å². The number of carbonyl (C=O) groups excluding carboxylic acids is 2. The Morgan fingerprint density at radius 3 is 2.53 bits per heavy atom. The minimum Gasteiger partial charge on any atom is -0.468 e. The Kier molecular flexibility index (Phi) is 5.03. The lowest BCUT2D eigenvalue weighted by molar-refractivity contribution is -0.491. The van der Waals surface area contributed by atoms with Crippen LogP contribution in [-0.2, 0) is 14.3 Å². The van der Waals surface area contributed by atoms with Gasteiger partial charge in [-0.25, -0.2) is 0 Å². The Hall–Kier alpha value is -1.46. The smallest absolute Gasteiger partial charge is 0.319 e. The van der Waals surface area contributed by atoms with Gasteiger partial charge in [-0.3, -0.25) is 19.7 Å². The normalized spacial score (nSPS) is 24.5. The lowest BCUT2D eigenvalue weighted by atomic mass is 9.70. The first-order valence-corrected chi connectivity index (χ1v) is 6.58. The van der Waals surface area contributed by atoms with Crippen LogP contribution in [0.4, 0.5) is 0 Å². The number of nitrogens with zero attached hydrogens (tertiary/aromatic N) is 1. The van der Waals surface area contributed by atoms with Gasteiger partial charge >= 0.3 is 5.97 Å². The molecule has 0 saturated heterocycles. The Bertz CT molecular complexity index is 379. The average molecular weight is 271 g/mol. The molecule has 1 saturated carbocycles.